The number of ketones is 2. The molecule has 1 aromatic rings. The number of hydrogen-bond donors (Lipinski definition) is 2. The zero-order valence-corrected chi connectivity index (χ0v) is 22.5. The Balaban J connectivity index is 2.78. The molecule has 9 heteroatoms. The van der Waals surface area contributed by atoms with Crippen molar-refractivity contribution in [3.05, 3.63) is 23.8 Å². The van der Waals surface area contributed by atoms with E-state index in [-0.39, 0.29) is 29.8 Å². The molecule has 0 heterocycles. The van der Waals surface area contributed by atoms with Gasteiger partial charge in [-0.3, -0.25) is 14.4 Å². The maximum absolute atomic E-state index is 12.8. The van der Waals surface area contributed by atoms with E-state index >= 15 is 0 Å². The second kappa shape index (κ2) is 16.7. The summed E-state index contributed by atoms with van der Waals surface area (Å²) in [4.78, 5) is 48.3. The molecule has 0 saturated heterocycles. The van der Waals surface area contributed by atoms with E-state index in [2.05, 4.69) is 10.6 Å². The lowest BCUT2D eigenvalue weighted by Crippen LogP contribution is -2.18. The van der Waals surface area contributed by atoms with Crippen LogP contribution in [0.4, 0.5) is 11.4 Å². The van der Waals surface area contributed by atoms with Gasteiger partial charge in [-0.15, -0.1) is 23.5 Å². The smallest absolute Gasteiger partial charge is 0.234 e. The van der Waals surface area contributed by atoms with Gasteiger partial charge in [-0.1, -0.05) is 27.7 Å². The lowest BCUT2D eigenvalue weighted by atomic mass is 10.0. The standard InChI is InChI=1S/C25H38N2O5S2/c1-17(2)33-15-24(30)26-21-12-20(13-22(14-21)27-25(31)16-34-18(3)4)23(29)9-7-11-32-10-6-8-19(5)28/h12-14,17-18H,6-11,15-16H2,1-5H3,(H,26,30)(H,27,31). The SMILES string of the molecule is CC(=O)CCCOCCCC(=O)c1cc(NC(=O)CSC(C)C)cc(NC(=O)CSC(C)C)c1. The predicted octanol–water partition coefficient (Wildman–Crippen LogP) is 5.20. The van der Waals surface area contributed by atoms with Gasteiger partial charge in [0.2, 0.25) is 11.8 Å². The summed E-state index contributed by atoms with van der Waals surface area (Å²) in [5.41, 5.74) is 1.39. The lowest BCUT2D eigenvalue weighted by Gasteiger charge is -2.13. The van der Waals surface area contributed by atoms with Crippen molar-refractivity contribution in [1.82, 2.24) is 0 Å². The average molecular weight is 511 g/mol. The molecule has 1 rings (SSSR count). The van der Waals surface area contributed by atoms with Gasteiger partial charge in [-0.05, 0) is 48.5 Å². The highest BCUT2D eigenvalue weighted by molar-refractivity contribution is 8.00. The minimum Gasteiger partial charge on any atom is -0.381 e. The largest absolute Gasteiger partial charge is 0.381 e. The second-order valence-corrected chi connectivity index (χ2v) is 11.7. The van der Waals surface area contributed by atoms with Gasteiger partial charge in [0.25, 0.3) is 0 Å². The number of carbonyl (C=O) groups excluding carboxylic acids is 4. The summed E-state index contributed by atoms with van der Waals surface area (Å²) in [6.07, 6.45) is 2.01. The molecule has 0 aliphatic rings. The van der Waals surface area contributed by atoms with Crippen LogP contribution in [0.2, 0.25) is 0 Å². The first kappa shape index (κ1) is 30.2. The number of nitrogens with one attached hydrogen (secondary N) is 2. The van der Waals surface area contributed by atoms with Crippen LogP contribution in [0.1, 0.15) is 70.7 Å². The average Bonchev–Trinajstić information content (AvgIpc) is 2.75. The van der Waals surface area contributed by atoms with Crippen LogP contribution in [0.25, 0.3) is 0 Å². The molecule has 0 aromatic heterocycles. The molecular formula is C25H38N2O5S2. The fraction of sp³-hybridized carbons (Fsp3) is 0.600. The monoisotopic (exact) mass is 510 g/mol. The highest BCUT2D eigenvalue weighted by Gasteiger charge is 2.13. The summed E-state index contributed by atoms with van der Waals surface area (Å²) in [5.74, 6) is 0.351. The number of amides is 2. The van der Waals surface area contributed by atoms with Crippen LogP contribution in [0.5, 0.6) is 0 Å². The normalized spacial score (nSPS) is 11.0. The summed E-state index contributed by atoms with van der Waals surface area (Å²) in [7, 11) is 0. The molecule has 0 aliphatic carbocycles. The lowest BCUT2D eigenvalue weighted by molar-refractivity contribution is -0.117. The van der Waals surface area contributed by atoms with Crippen LogP contribution >= 0.6 is 23.5 Å². The number of Topliss-reactive ketones (excluding diaryl/α,β-unsaturated/α-hetero) is 2. The van der Waals surface area contributed by atoms with Crippen LogP contribution in [0, 0.1) is 0 Å². The van der Waals surface area contributed by atoms with E-state index in [0.717, 1.165) is 0 Å². The van der Waals surface area contributed by atoms with Crippen LogP contribution in [0.15, 0.2) is 18.2 Å². The van der Waals surface area contributed by atoms with E-state index in [1.54, 1.807) is 25.1 Å². The number of rotatable bonds is 17. The van der Waals surface area contributed by atoms with E-state index in [1.165, 1.54) is 23.5 Å². The number of carbonyl (C=O) groups is 4. The molecule has 0 radical (unpaired) electrons. The maximum atomic E-state index is 12.8. The van der Waals surface area contributed by atoms with Gasteiger partial charge in [0, 0.05) is 43.0 Å². The first-order chi connectivity index (χ1) is 16.1. The van der Waals surface area contributed by atoms with Crippen LogP contribution in [-0.2, 0) is 19.1 Å². The third kappa shape index (κ3) is 14.4. The fourth-order valence-corrected chi connectivity index (χ4v) is 3.93. The van der Waals surface area contributed by atoms with Gasteiger partial charge < -0.3 is 20.2 Å². The van der Waals surface area contributed by atoms with Gasteiger partial charge in [0.1, 0.15) is 5.78 Å². The summed E-state index contributed by atoms with van der Waals surface area (Å²) in [6, 6.07) is 4.96. The molecule has 2 N–H and O–H groups in total. The second-order valence-electron chi connectivity index (χ2n) is 8.56. The Morgan fingerprint density at radius 2 is 1.26 bits per heavy atom. The van der Waals surface area contributed by atoms with Crippen molar-refractivity contribution < 1.29 is 23.9 Å². The minimum atomic E-state index is -0.158. The minimum absolute atomic E-state index is 0.0907. The summed E-state index contributed by atoms with van der Waals surface area (Å²) >= 11 is 3.06. The van der Waals surface area contributed by atoms with Gasteiger partial charge in [0.15, 0.2) is 5.78 Å². The van der Waals surface area contributed by atoms with Crippen molar-refractivity contribution in [2.45, 2.75) is 70.8 Å². The van der Waals surface area contributed by atoms with Crippen LogP contribution in [0.3, 0.4) is 0 Å². The van der Waals surface area contributed by atoms with Gasteiger partial charge in [-0.25, -0.2) is 0 Å². The summed E-state index contributed by atoms with van der Waals surface area (Å²) < 4.78 is 5.49. The zero-order valence-electron chi connectivity index (χ0n) is 20.9. The number of thioether (sulfide) groups is 2. The van der Waals surface area contributed by atoms with E-state index in [9.17, 15) is 19.2 Å². The predicted molar refractivity (Wildman–Crippen MR) is 143 cm³/mol. The molecular weight excluding hydrogens is 472 g/mol. The number of hydrogen-bond acceptors (Lipinski definition) is 7. The first-order valence-corrected chi connectivity index (χ1v) is 13.7. The van der Waals surface area contributed by atoms with Crippen molar-refractivity contribution in [2.75, 3.05) is 35.4 Å². The van der Waals surface area contributed by atoms with Gasteiger partial charge in [0.05, 0.1) is 11.5 Å². The van der Waals surface area contributed by atoms with Crippen molar-refractivity contribution in [3.63, 3.8) is 0 Å². The molecule has 0 aliphatic heterocycles. The first-order valence-electron chi connectivity index (χ1n) is 11.6. The highest BCUT2D eigenvalue weighted by atomic mass is 32.2. The number of anilines is 2. The zero-order chi connectivity index (χ0) is 25.5. The molecule has 7 nitrogen and oxygen atoms in total. The van der Waals surface area contributed by atoms with Crippen LogP contribution < -0.4 is 10.6 Å². The Bertz CT molecular complexity index is 783. The molecule has 0 unspecified atom stereocenters. The topological polar surface area (TPSA) is 102 Å². The van der Waals surface area contributed by atoms with E-state index in [4.69, 9.17) is 4.74 Å². The number of benzene rings is 1. The maximum Gasteiger partial charge on any atom is 0.234 e. The van der Waals surface area contributed by atoms with E-state index < -0.39 is 0 Å². The summed E-state index contributed by atoms with van der Waals surface area (Å²) in [5, 5.41) is 6.33. The molecule has 2 amide bonds. The molecule has 0 saturated carbocycles. The molecule has 0 fully saturated rings. The Morgan fingerprint density at radius 3 is 1.71 bits per heavy atom. The van der Waals surface area contributed by atoms with Crippen molar-refractivity contribution in [1.29, 1.82) is 0 Å². The third-order valence-electron chi connectivity index (χ3n) is 4.43. The summed E-state index contributed by atoms with van der Waals surface area (Å²) in [6.45, 7) is 10.6. The van der Waals surface area contributed by atoms with Crippen molar-refractivity contribution >= 4 is 58.3 Å². The van der Waals surface area contributed by atoms with Gasteiger partial charge in [-0.2, -0.15) is 0 Å². The Labute approximate surface area is 211 Å². The van der Waals surface area contributed by atoms with Crippen molar-refractivity contribution in [2.24, 2.45) is 0 Å². The van der Waals surface area contributed by atoms with Crippen LogP contribution in [-0.4, -0.2) is 58.6 Å². The molecule has 34 heavy (non-hydrogen) atoms. The molecule has 0 spiro atoms. The van der Waals surface area contributed by atoms with E-state index in [0.29, 0.717) is 71.4 Å². The third-order valence-corrected chi connectivity index (χ3v) is 6.62. The van der Waals surface area contributed by atoms with Gasteiger partial charge >= 0.3 is 0 Å². The fourth-order valence-electron chi connectivity index (χ4n) is 2.82. The Morgan fingerprint density at radius 1 is 0.794 bits per heavy atom. The quantitative estimate of drug-likeness (QED) is 0.219. The van der Waals surface area contributed by atoms with E-state index in [1.807, 2.05) is 27.7 Å². The number of ether oxygens (including phenoxy) is 1. The molecule has 190 valence electrons. The Kier molecular flexibility index (Phi) is 14.9. The Hall–Kier alpha value is -1.84. The molecule has 1 aromatic carbocycles. The molecule has 0 bridgehead atoms. The highest BCUT2D eigenvalue weighted by Crippen LogP contribution is 2.22. The van der Waals surface area contributed by atoms with Crippen molar-refractivity contribution in [3.8, 4) is 0 Å². The molecule has 0 atom stereocenters.